The van der Waals surface area contributed by atoms with Gasteiger partial charge in [-0.3, -0.25) is 4.79 Å². The highest BCUT2D eigenvalue weighted by molar-refractivity contribution is 6.14. The zero-order chi connectivity index (χ0) is 17.9. The second-order valence-corrected chi connectivity index (χ2v) is 6.11. The van der Waals surface area contributed by atoms with Crippen LogP contribution in [0.1, 0.15) is 27.6 Å². The smallest absolute Gasteiger partial charge is 0.196 e. The van der Waals surface area contributed by atoms with Gasteiger partial charge in [0.15, 0.2) is 11.9 Å². The van der Waals surface area contributed by atoms with Gasteiger partial charge in [0.25, 0.3) is 0 Å². The summed E-state index contributed by atoms with van der Waals surface area (Å²) in [5.74, 6) is 1.36. The van der Waals surface area contributed by atoms with Crippen molar-refractivity contribution in [3.05, 3.63) is 101 Å². The fourth-order valence-electron chi connectivity index (χ4n) is 3.15. The second-order valence-electron chi connectivity index (χ2n) is 6.11. The molecule has 1 heterocycles. The van der Waals surface area contributed by atoms with Crippen LogP contribution in [0.2, 0.25) is 0 Å². The average molecular weight is 342 g/mol. The SMILES string of the molecule is COc1cccc(/C=C2/C(=O)c3ccccc3O[C@@H]2c2ccccc2)c1. The van der Waals surface area contributed by atoms with Crippen molar-refractivity contribution in [1.82, 2.24) is 0 Å². The van der Waals surface area contributed by atoms with Crippen LogP contribution in [-0.4, -0.2) is 12.9 Å². The molecule has 0 aromatic heterocycles. The van der Waals surface area contributed by atoms with E-state index in [0.717, 1.165) is 16.9 Å². The summed E-state index contributed by atoms with van der Waals surface area (Å²) in [7, 11) is 1.63. The Morgan fingerprint density at radius 2 is 1.69 bits per heavy atom. The number of carbonyl (C=O) groups excluding carboxylic acids is 1. The summed E-state index contributed by atoms with van der Waals surface area (Å²) in [5, 5.41) is 0. The molecule has 0 spiro atoms. The Bertz CT molecular complexity index is 974. The number of Topliss-reactive ketones (excluding diaryl/α,β-unsaturated/α-hetero) is 1. The lowest BCUT2D eigenvalue weighted by Gasteiger charge is -2.28. The van der Waals surface area contributed by atoms with Crippen LogP contribution in [0.25, 0.3) is 6.08 Å². The maximum Gasteiger partial charge on any atom is 0.196 e. The minimum Gasteiger partial charge on any atom is -0.497 e. The lowest BCUT2D eigenvalue weighted by molar-refractivity contribution is 0.0963. The van der Waals surface area contributed by atoms with Crippen molar-refractivity contribution >= 4 is 11.9 Å². The van der Waals surface area contributed by atoms with E-state index in [-0.39, 0.29) is 5.78 Å². The van der Waals surface area contributed by atoms with E-state index in [1.165, 1.54) is 0 Å². The van der Waals surface area contributed by atoms with E-state index in [1.807, 2.05) is 78.9 Å². The van der Waals surface area contributed by atoms with Gasteiger partial charge in [-0.15, -0.1) is 0 Å². The number of hydrogen-bond acceptors (Lipinski definition) is 3. The predicted molar refractivity (Wildman–Crippen MR) is 102 cm³/mol. The molecule has 1 aliphatic heterocycles. The summed E-state index contributed by atoms with van der Waals surface area (Å²) >= 11 is 0. The Morgan fingerprint density at radius 1 is 0.923 bits per heavy atom. The Balaban J connectivity index is 1.85. The largest absolute Gasteiger partial charge is 0.497 e. The molecule has 1 atom stereocenters. The van der Waals surface area contributed by atoms with Crippen LogP contribution in [0, 0.1) is 0 Å². The van der Waals surface area contributed by atoms with Crippen LogP contribution in [0.15, 0.2) is 84.4 Å². The Hall–Kier alpha value is -3.33. The number of methoxy groups -OCH3 is 1. The van der Waals surface area contributed by atoms with Crippen LogP contribution >= 0.6 is 0 Å². The minimum absolute atomic E-state index is 0.0106. The van der Waals surface area contributed by atoms with E-state index in [9.17, 15) is 4.79 Å². The predicted octanol–water partition coefficient (Wildman–Crippen LogP) is 5.10. The molecule has 1 aliphatic rings. The summed E-state index contributed by atoms with van der Waals surface area (Å²) in [6.45, 7) is 0. The van der Waals surface area contributed by atoms with Crippen molar-refractivity contribution < 1.29 is 14.3 Å². The first-order chi connectivity index (χ1) is 12.8. The van der Waals surface area contributed by atoms with Gasteiger partial charge in [-0.2, -0.15) is 0 Å². The van der Waals surface area contributed by atoms with Crippen LogP contribution in [0.4, 0.5) is 0 Å². The van der Waals surface area contributed by atoms with Crippen molar-refractivity contribution in [1.29, 1.82) is 0 Å². The fraction of sp³-hybridized carbons (Fsp3) is 0.0870. The van der Waals surface area contributed by atoms with Crippen LogP contribution < -0.4 is 9.47 Å². The molecular weight excluding hydrogens is 324 g/mol. The molecule has 128 valence electrons. The van der Waals surface area contributed by atoms with Gasteiger partial charge >= 0.3 is 0 Å². The van der Waals surface area contributed by atoms with Crippen LogP contribution in [0.5, 0.6) is 11.5 Å². The highest BCUT2D eigenvalue weighted by Crippen LogP contribution is 2.39. The maximum absolute atomic E-state index is 13.2. The first kappa shape index (κ1) is 16.2. The molecule has 3 nitrogen and oxygen atoms in total. The highest BCUT2D eigenvalue weighted by Gasteiger charge is 2.32. The monoisotopic (exact) mass is 342 g/mol. The number of ketones is 1. The molecule has 0 bridgehead atoms. The van der Waals surface area contributed by atoms with E-state index < -0.39 is 6.10 Å². The fourth-order valence-corrected chi connectivity index (χ4v) is 3.15. The summed E-state index contributed by atoms with van der Waals surface area (Å²) in [6, 6.07) is 24.8. The standard InChI is InChI=1S/C23H18O3/c1-25-18-11-7-8-16(14-18)15-20-22(24)19-12-5-6-13-21(19)26-23(20)17-9-3-2-4-10-17/h2-15,23H,1H3/b20-15-/t23-/m1/s1. The lowest BCUT2D eigenvalue weighted by atomic mass is 9.89. The third-order valence-corrected chi connectivity index (χ3v) is 4.44. The Kier molecular flexibility index (Phi) is 4.28. The lowest BCUT2D eigenvalue weighted by Crippen LogP contribution is -2.23. The molecule has 0 fully saturated rings. The van der Waals surface area contributed by atoms with Crippen LogP contribution in [0.3, 0.4) is 0 Å². The molecule has 0 unspecified atom stereocenters. The van der Waals surface area contributed by atoms with E-state index in [4.69, 9.17) is 9.47 Å². The molecular formula is C23H18O3. The molecule has 0 saturated heterocycles. The van der Waals surface area contributed by atoms with E-state index >= 15 is 0 Å². The zero-order valence-corrected chi connectivity index (χ0v) is 14.4. The van der Waals surface area contributed by atoms with Crippen molar-refractivity contribution in [2.75, 3.05) is 7.11 Å². The minimum atomic E-state index is -0.440. The first-order valence-corrected chi connectivity index (χ1v) is 8.47. The summed E-state index contributed by atoms with van der Waals surface area (Å²) in [4.78, 5) is 13.2. The zero-order valence-electron chi connectivity index (χ0n) is 14.4. The normalized spacial score (nSPS) is 17.5. The Morgan fingerprint density at radius 3 is 2.50 bits per heavy atom. The van der Waals surface area contributed by atoms with Gasteiger partial charge < -0.3 is 9.47 Å². The van der Waals surface area contributed by atoms with Gasteiger partial charge in [0.05, 0.1) is 12.7 Å². The molecule has 3 aromatic carbocycles. The summed E-state index contributed by atoms with van der Waals surface area (Å²) in [6.07, 6.45) is 1.45. The molecule has 0 saturated carbocycles. The second kappa shape index (κ2) is 6.89. The summed E-state index contributed by atoms with van der Waals surface area (Å²) in [5.41, 5.74) is 3.05. The van der Waals surface area contributed by atoms with Crippen molar-refractivity contribution in [2.45, 2.75) is 6.10 Å². The molecule has 26 heavy (non-hydrogen) atoms. The van der Waals surface area contributed by atoms with Gasteiger partial charge in [-0.05, 0) is 41.5 Å². The number of carbonyl (C=O) groups is 1. The van der Waals surface area contributed by atoms with Gasteiger partial charge in [-0.1, -0.05) is 54.6 Å². The van der Waals surface area contributed by atoms with Crippen molar-refractivity contribution in [3.8, 4) is 11.5 Å². The van der Waals surface area contributed by atoms with Gasteiger partial charge in [0.1, 0.15) is 11.5 Å². The van der Waals surface area contributed by atoms with Gasteiger partial charge in [0, 0.05) is 5.57 Å². The van der Waals surface area contributed by atoms with Crippen molar-refractivity contribution in [3.63, 3.8) is 0 Å². The quantitative estimate of drug-likeness (QED) is 0.622. The van der Waals surface area contributed by atoms with Crippen LogP contribution in [-0.2, 0) is 0 Å². The molecule has 4 rings (SSSR count). The van der Waals surface area contributed by atoms with Gasteiger partial charge in [-0.25, -0.2) is 0 Å². The van der Waals surface area contributed by atoms with Crippen molar-refractivity contribution in [2.24, 2.45) is 0 Å². The molecule has 0 N–H and O–H groups in total. The number of rotatable bonds is 3. The Labute approximate surface area is 152 Å². The van der Waals surface area contributed by atoms with E-state index in [0.29, 0.717) is 16.9 Å². The third-order valence-electron chi connectivity index (χ3n) is 4.44. The first-order valence-electron chi connectivity index (χ1n) is 8.47. The number of ether oxygens (including phenoxy) is 2. The molecule has 0 aliphatic carbocycles. The molecule has 3 heteroatoms. The number of hydrogen-bond donors (Lipinski definition) is 0. The summed E-state index contributed by atoms with van der Waals surface area (Å²) < 4.78 is 11.5. The molecule has 0 amide bonds. The molecule has 3 aromatic rings. The molecule has 0 radical (unpaired) electrons. The van der Waals surface area contributed by atoms with E-state index in [2.05, 4.69) is 0 Å². The highest BCUT2D eigenvalue weighted by atomic mass is 16.5. The maximum atomic E-state index is 13.2. The number of para-hydroxylation sites is 1. The number of benzene rings is 3. The third kappa shape index (κ3) is 3.00. The van der Waals surface area contributed by atoms with E-state index in [1.54, 1.807) is 13.2 Å². The van der Waals surface area contributed by atoms with Gasteiger partial charge in [0.2, 0.25) is 0 Å². The number of fused-ring (bicyclic) bond motifs is 1. The average Bonchev–Trinajstić information content (AvgIpc) is 2.71. The topological polar surface area (TPSA) is 35.5 Å².